The van der Waals surface area contributed by atoms with E-state index in [2.05, 4.69) is 6.07 Å². The molecule has 7 rings (SSSR count). The highest BCUT2D eigenvalue weighted by atomic mass is 16.6. The molecule has 114 heavy (non-hydrogen) atoms. The van der Waals surface area contributed by atoms with Crippen molar-refractivity contribution in [3.8, 4) is 0 Å². The van der Waals surface area contributed by atoms with Gasteiger partial charge in [0.05, 0.1) is 0 Å². The summed E-state index contributed by atoms with van der Waals surface area (Å²) in [7, 11) is 0. The van der Waals surface area contributed by atoms with Crippen LogP contribution in [0.3, 0.4) is 0 Å². The summed E-state index contributed by atoms with van der Waals surface area (Å²) in [5, 5.41) is 88.4. The Morgan fingerprint density at radius 3 is 0.789 bits per heavy atom. The lowest BCUT2D eigenvalue weighted by molar-refractivity contribution is -0.301. The zero-order chi connectivity index (χ0) is 86.2. The van der Waals surface area contributed by atoms with Crippen LogP contribution in [-0.2, 0) is 108 Å². The summed E-state index contributed by atoms with van der Waals surface area (Å²) in [5.74, 6) is -4.36. The van der Waals surface area contributed by atoms with Crippen LogP contribution in [0, 0.1) is 21.7 Å². The van der Waals surface area contributed by atoms with Crippen molar-refractivity contribution in [2.75, 3.05) is 6.54 Å². The number of carbonyl (C=O) groups excluding carboxylic acids is 6. The van der Waals surface area contributed by atoms with Gasteiger partial charge in [-0.2, -0.15) is 0 Å². The average molecular weight is 1600 g/mol. The van der Waals surface area contributed by atoms with Gasteiger partial charge >= 0.3 is 35.8 Å². The maximum atomic E-state index is 15.8. The van der Waals surface area contributed by atoms with Crippen molar-refractivity contribution < 1.29 is 88.4 Å². The van der Waals surface area contributed by atoms with Crippen LogP contribution >= 0.6 is 0 Å². The Kier molecular flexibility index (Phi) is 30.3. The Hall–Kier alpha value is -4.44. The van der Waals surface area contributed by atoms with E-state index in [0.717, 1.165) is 47.1 Å². The Labute approximate surface area is 685 Å². The topological polar surface area (TPSA) is 297 Å². The number of carbonyl (C=O) groups is 6. The zero-order valence-electron chi connectivity index (χ0n) is 75.4. The Balaban J connectivity index is 1.34. The van der Waals surface area contributed by atoms with E-state index in [1.165, 1.54) is 0 Å². The highest BCUT2D eigenvalue weighted by molar-refractivity contribution is 6.01. The summed E-state index contributed by atoms with van der Waals surface area (Å²) in [6.07, 6.45) is 3.49. The lowest BCUT2D eigenvalue weighted by Crippen LogP contribution is -2.61. The largest absolute Gasteiger partial charge is 0.461 e. The summed E-state index contributed by atoms with van der Waals surface area (Å²) >= 11 is 0. The first kappa shape index (κ1) is 96.7. The molecule has 0 saturated carbocycles. The van der Waals surface area contributed by atoms with E-state index >= 15 is 28.8 Å². The maximum Gasteiger partial charge on any atom is 0.323 e. The van der Waals surface area contributed by atoms with Crippen molar-refractivity contribution in [2.24, 2.45) is 21.7 Å². The first-order valence-electron chi connectivity index (χ1n) is 43.3. The minimum atomic E-state index is -1.85. The number of aryl methyl sites for hydroxylation is 3. The number of nitrogens with zero attached hydrogens (tertiary/aromatic N) is 6. The van der Waals surface area contributed by atoms with Crippen molar-refractivity contribution in [3.63, 3.8) is 0 Å². The number of hydrogen-bond acceptors (Lipinski definition) is 18. The fraction of sp³-hybridized carbons (Fsp3) is 0.867. The molecule has 24 heteroatoms. The maximum absolute atomic E-state index is 15.8. The van der Waals surface area contributed by atoms with Crippen molar-refractivity contribution in [1.29, 1.82) is 0 Å². The van der Waals surface area contributed by atoms with Crippen molar-refractivity contribution in [3.05, 3.63) is 34.9 Å². The molecule has 0 aromatic heterocycles. The molecule has 6 aliphatic rings. The molecular weight excluding hydrogens is 1450 g/mol. The number of rotatable bonds is 33. The van der Waals surface area contributed by atoms with Crippen LogP contribution in [0.15, 0.2) is 18.2 Å². The second-order valence-corrected chi connectivity index (χ2v) is 43.4. The van der Waals surface area contributed by atoms with Gasteiger partial charge in [-0.05, 0) is 246 Å². The van der Waals surface area contributed by atoms with Crippen LogP contribution < -0.4 is 0 Å². The van der Waals surface area contributed by atoms with Gasteiger partial charge in [-0.3, -0.25) is 28.8 Å². The monoisotopic (exact) mass is 1600 g/mol. The second-order valence-electron chi connectivity index (χ2n) is 43.4. The highest BCUT2D eigenvalue weighted by Gasteiger charge is 2.60. The van der Waals surface area contributed by atoms with Crippen LogP contribution in [0.5, 0.6) is 0 Å². The quantitative estimate of drug-likeness (QED) is 0.0359. The first-order chi connectivity index (χ1) is 52.1. The standard InChI is InChI=1S/C90H150N6O18/c1-28-31-42-88(70(97)109-64-49-78(8,9)92(104)79(10,11)50-64,71(98)110-65-51-80(12,13)93(105)81(14,15)52-65)45-34-37-61-40-41-62(38-35-46-90(44-33-30-3,74(101)113-68-57-86(24,25)96(108)87(26,27)58-68)75(102)114-69-59-77(6,7)91(103)60-76(69,4)5)63(48-61)39-36-47-89(43-32-29-2,72(99)111-66-53-82(16,17)94(106)83(18,19)54-66)73(100)112-67-55-84(20,21)95(107)85(22,23)56-67/h40-41,48,64-69H,28-39,42-47,49-60H2,1-27H3. The molecule has 0 spiro atoms. The van der Waals surface area contributed by atoms with Gasteiger partial charge in [0.15, 0.2) is 16.2 Å². The first-order valence-corrected chi connectivity index (χ1v) is 43.3. The zero-order valence-corrected chi connectivity index (χ0v) is 75.4. The fourth-order valence-corrected chi connectivity index (χ4v) is 20.9. The molecule has 0 N–H and O–H groups in total. The third kappa shape index (κ3) is 21.8. The molecular formula is C90H150N6O18. The van der Waals surface area contributed by atoms with Gasteiger partial charge < -0.3 is 28.4 Å². The number of unbranched alkanes of at least 4 members (excludes halogenated alkanes) is 3. The van der Waals surface area contributed by atoms with Gasteiger partial charge in [-0.15, -0.1) is 61.6 Å². The molecule has 648 valence electrons. The molecule has 6 radical (unpaired) electrons. The fourth-order valence-electron chi connectivity index (χ4n) is 20.9. The minimum Gasteiger partial charge on any atom is -0.461 e. The van der Waals surface area contributed by atoms with Crippen molar-refractivity contribution in [1.82, 2.24) is 30.4 Å². The number of hydroxylamine groups is 12. The van der Waals surface area contributed by atoms with Crippen LogP contribution in [0.2, 0.25) is 0 Å². The number of esters is 6. The molecule has 0 aliphatic carbocycles. The Bertz CT molecular complexity index is 3280. The smallest absolute Gasteiger partial charge is 0.323 e. The third-order valence-corrected chi connectivity index (χ3v) is 26.8. The normalized spacial score (nSPS) is 25.4. The lowest BCUT2D eigenvalue weighted by Gasteiger charge is -2.50. The molecule has 2 unspecified atom stereocenters. The highest BCUT2D eigenvalue weighted by Crippen LogP contribution is 2.50. The van der Waals surface area contributed by atoms with E-state index in [1.807, 2.05) is 199 Å². The molecule has 0 amide bonds. The summed E-state index contributed by atoms with van der Waals surface area (Å²) in [6, 6.07) is 6.10. The minimum absolute atomic E-state index is 0.000865. The number of ether oxygens (including phenoxy) is 6. The molecule has 6 saturated heterocycles. The third-order valence-electron chi connectivity index (χ3n) is 26.8. The van der Waals surface area contributed by atoms with E-state index in [-0.39, 0.29) is 129 Å². The molecule has 2 atom stereocenters. The molecule has 1 aromatic carbocycles. The SMILES string of the molecule is CCCCC(CCCc1ccc(CCCC(CCCC)(C(=O)OC2CC(C)(C)N([O])C(C)(C)C2)C(=O)OC2CC(C)(C)N([O])CC2(C)C)c(CCCC(CCCC)(C(=O)OC2CC(C)(C)N([O])C(C)(C)C2)C(=O)OC2CC(C)(C)N([O])C(C)(C)C2)c1)(C(=O)OC1CC(C)(C)N([O])C(C)(C)C1)C(=O)OC1CC(C)(C)N([O])C(C)(C)C1. The predicted molar refractivity (Wildman–Crippen MR) is 430 cm³/mol. The number of piperidine rings is 6. The molecule has 6 aliphatic heterocycles. The van der Waals surface area contributed by atoms with Crippen molar-refractivity contribution >= 4 is 35.8 Å². The lowest BCUT2D eigenvalue weighted by atomic mass is 9.74. The average Bonchev–Trinajstić information content (AvgIpc) is 0.784. The van der Waals surface area contributed by atoms with E-state index in [0.29, 0.717) is 64.2 Å². The van der Waals surface area contributed by atoms with Gasteiger partial charge in [0, 0.05) is 144 Å². The molecule has 6 heterocycles. The molecule has 1 aromatic rings. The summed E-state index contributed by atoms with van der Waals surface area (Å²) in [5.41, 5.74) is -13.7. The van der Waals surface area contributed by atoms with Crippen LogP contribution in [0.25, 0.3) is 0 Å². The van der Waals surface area contributed by atoms with E-state index in [9.17, 15) is 31.2 Å². The van der Waals surface area contributed by atoms with Gasteiger partial charge in [-0.25, -0.2) is 0 Å². The Morgan fingerprint density at radius 2 is 0.535 bits per heavy atom. The van der Waals surface area contributed by atoms with E-state index < -0.39 is 155 Å². The predicted octanol–water partition coefficient (Wildman–Crippen LogP) is 17.5. The summed E-state index contributed by atoms with van der Waals surface area (Å²) in [6.45, 7) is 49.9. The molecule has 6 fully saturated rings. The van der Waals surface area contributed by atoms with Crippen LogP contribution in [0.4, 0.5) is 0 Å². The summed E-state index contributed by atoms with van der Waals surface area (Å²) < 4.78 is 39.7. The summed E-state index contributed by atoms with van der Waals surface area (Å²) in [4.78, 5) is 94.2. The molecule has 0 bridgehead atoms. The van der Waals surface area contributed by atoms with Crippen molar-refractivity contribution in [2.45, 2.75) is 471 Å². The van der Waals surface area contributed by atoms with E-state index in [1.54, 1.807) is 0 Å². The van der Waals surface area contributed by atoms with Gasteiger partial charge in [0.2, 0.25) is 0 Å². The van der Waals surface area contributed by atoms with Gasteiger partial charge in [0.25, 0.3) is 0 Å². The van der Waals surface area contributed by atoms with Gasteiger partial charge in [-0.1, -0.05) is 91.3 Å². The van der Waals surface area contributed by atoms with E-state index in [4.69, 9.17) is 28.4 Å². The number of benzene rings is 1. The number of hydrogen-bond donors (Lipinski definition) is 0. The van der Waals surface area contributed by atoms with Crippen LogP contribution in [-0.4, -0.2) is 170 Å². The van der Waals surface area contributed by atoms with Gasteiger partial charge in [0.1, 0.15) is 36.6 Å². The van der Waals surface area contributed by atoms with Crippen LogP contribution in [0.1, 0.15) is 371 Å². The molecule has 24 nitrogen and oxygen atoms in total. The Morgan fingerprint density at radius 1 is 0.307 bits per heavy atom. The second kappa shape index (κ2) is 35.7.